The van der Waals surface area contributed by atoms with Gasteiger partial charge in [0.25, 0.3) is 0 Å². The Bertz CT molecular complexity index is 206. The van der Waals surface area contributed by atoms with E-state index in [9.17, 15) is 0 Å². The van der Waals surface area contributed by atoms with E-state index >= 15 is 0 Å². The lowest BCUT2D eigenvalue weighted by Crippen LogP contribution is -2.45. The lowest BCUT2D eigenvalue weighted by atomic mass is 10.1. The summed E-state index contributed by atoms with van der Waals surface area (Å²) in [7, 11) is 1.84. The first-order valence-corrected chi connectivity index (χ1v) is 5.32. The van der Waals surface area contributed by atoms with Gasteiger partial charge in [-0.25, -0.2) is 0 Å². The summed E-state index contributed by atoms with van der Waals surface area (Å²) in [4.78, 5) is 0. The van der Waals surface area contributed by atoms with Gasteiger partial charge in [-0.05, 0) is 37.4 Å². The second-order valence-electron chi connectivity index (χ2n) is 3.79. The van der Waals surface area contributed by atoms with Crippen molar-refractivity contribution in [2.75, 3.05) is 13.7 Å². The van der Waals surface area contributed by atoms with Crippen molar-refractivity contribution in [3.8, 4) is 0 Å². The molecule has 1 aliphatic heterocycles. The lowest BCUT2D eigenvalue weighted by Gasteiger charge is -2.20. The fourth-order valence-electron chi connectivity index (χ4n) is 1.90. The van der Waals surface area contributed by atoms with Gasteiger partial charge in [0.15, 0.2) is 5.11 Å². The Balaban J connectivity index is 1.85. The Morgan fingerprint density at radius 1 is 1.38 bits per heavy atom. The number of thiocarbonyl (C=S) groups is 1. The Kier molecular flexibility index (Phi) is 2.69. The van der Waals surface area contributed by atoms with Crippen molar-refractivity contribution in [1.82, 2.24) is 10.6 Å². The van der Waals surface area contributed by atoms with E-state index in [-0.39, 0.29) is 0 Å². The first kappa shape index (κ1) is 9.21. The summed E-state index contributed by atoms with van der Waals surface area (Å²) in [5.41, 5.74) is 0. The molecule has 4 heteroatoms. The maximum Gasteiger partial charge on any atom is 0.166 e. The SMILES string of the molecule is CNC(=S)NC1CCOC1C1CC1. The molecule has 1 aliphatic carbocycles. The zero-order valence-electron chi connectivity index (χ0n) is 7.88. The Hall–Kier alpha value is -0.350. The summed E-state index contributed by atoms with van der Waals surface area (Å²) in [5.74, 6) is 0.791. The minimum absolute atomic E-state index is 0.409. The molecule has 2 fully saturated rings. The van der Waals surface area contributed by atoms with Gasteiger partial charge in [-0.15, -0.1) is 0 Å². The molecule has 1 saturated carbocycles. The summed E-state index contributed by atoms with van der Waals surface area (Å²) in [6, 6.07) is 0.437. The van der Waals surface area contributed by atoms with Crippen LogP contribution in [0.25, 0.3) is 0 Å². The molecule has 0 amide bonds. The van der Waals surface area contributed by atoms with Gasteiger partial charge >= 0.3 is 0 Å². The van der Waals surface area contributed by atoms with Crippen LogP contribution in [0.3, 0.4) is 0 Å². The monoisotopic (exact) mass is 200 g/mol. The van der Waals surface area contributed by atoms with Crippen LogP contribution in [0.5, 0.6) is 0 Å². The zero-order chi connectivity index (χ0) is 9.26. The molecule has 0 aromatic heterocycles. The average molecular weight is 200 g/mol. The molecule has 3 nitrogen and oxygen atoms in total. The van der Waals surface area contributed by atoms with Crippen molar-refractivity contribution in [2.24, 2.45) is 5.92 Å². The molecule has 2 aliphatic rings. The molecule has 2 atom stereocenters. The predicted octanol–water partition coefficient (Wildman–Crippen LogP) is 0.648. The third kappa shape index (κ3) is 2.11. The first-order chi connectivity index (χ1) is 6.31. The second kappa shape index (κ2) is 3.80. The highest BCUT2D eigenvalue weighted by Crippen LogP contribution is 2.38. The van der Waals surface area contributed by atoms with E-state index in [1.54, 1.807) is 0 Å². The van der Waals surface area contributed by atoms with E-state index < -0.39 is 0 Å². The largest absolute Gasteiger partial charge is 0.376 e. The van der Waals surface area contributed by atoms with Crippen molar-refractivity contribution < 1.29 is 4.74 Å². The molecule has 74 valence electrons. The molecule has 0 spiro atoms. The van der Waals surface area contributed by atoms with Crippen LogP contribution in [-0.4, -0.2) is 30.9 Å². The van der Waals surface area contributed by atoms with Crippen LogP contribution in [0.15, 0.2) is 0 Å². The molecular formula is C9H16N2OS. The van der Waals surface area contributed by atoms with Crippen LogP contribution in [-0.2, 0) is 4.74 Å². The van der Waals surface area contributed by atoms with Crippen molar-refractivity contribution in [1.29, 1.82) is 0 Å². The van der Waals surface area contributed by atoms with Gasteiger partial charge in [-0.2, -0.15) is 0 Å². The van der Waals surface area contributed by atoms with E-state index in [0.717, 1.165) is 24.1 Å². The van der Waals surface area contributed by atoms with E-state index in [1.165, 1.54) is 12.8 Å². The van der Waals surface area contributed by atoms with E-state index in [1.807, 2.05) is 7.05 Å². The van der Waals surface area contributed by atoms with Gasteiger partial charge in [-0.3, -0.25) is 0 Å². The van der Waals surface area contributed by atoms with Crippen LogP contribution >= 0.6 is 12.2 Å². The number of nitrogens with one attached hydrogen (secondary N) is 2. The number of rotatable bonds is 2. The fourth-order valence-corrected chi connectivity index (χ4v) is 2.05. The Labute approximate surface area is 84.2 Å². The molecule has 13 heavy (non-hydrogen) atoms. The molecule has 2 N–H and O–H groups in total. The van der Waals surface area contributed by atoms with E-state index in [2.05, 4.69) is 10.6 Å². The van der Waals surface area contributed by atoms with E-state index in [0.29, 0.717) is 12.1 Å². The molecule has 2 unspecified atom stereocenters. The topological polar surface area (TPSA) is 33.3 Å². The summed E-state index contributed by atoms with van der Waals surface area (Å²) >= 11 is 5.07. The van der Waals surface area contributed by atoms with Crippen molar-refractivity contribution in [2.45, 2.75) is 31.4 Å². The lowest BCUT2D eigenvalue weighted by molar-refractivity contribution is 0.0843. The van der Waals surface area contributed by atoms with Crippen molar-refractivity contribution in [3.63, 3.8) is 0 Å². The molecule has 0 aromatic carbocycles. The molecule has 2 rings (SSSR count). The summed E-state index contributed by atoms with van der Waals surface area (Å²) in [6.45, 7) is 0.880. The molecule has 0 aromatic rings. The minimum Gasteiger partial charge on any atom is -0.376 e. The van der Waals surface area contributed by atoms with Crippen LogP contribution in [0.1, 0.15) is 19.3 Å². The molecule has 0 bridgehead atoms. The number of hydrogen-bond donors (Lipinski definition) is 2. The van der Waals surface area contributed by atoms with E-state index in [4.69, 9.17) is 17.0 Å². The molecule has 1 saturated heterocycles. The molecular weight excluding hydrogens is 184 g/mol. The van der Waals surface area contributed by atoms with Crippen LogP contribution in [0.2, 0.25) is 0 Å². The smallest absolute Gasteiger partial charge is 0.166 e. The zero-order valence-corrected chi connectivity index (χ0v) is 8.69. The number of hydrogen-bond acceptors (Lipinski definition) is 2. The quantitative estimate of drug-likeness (QED) is 0.641. The highest BCUT2D eigenvalue weighted by molar-refractivity contribution is 7.80. The van der Waals surface area contributed by atoms with Gasteiger partial charge in [0.05, 0.1) is 12.1 Å². The van der Waals surface area contributed by atoms with Crippen molar-refractivity contribution in [3.05, 3.63) is 0 Å². The Morgan fingerprint density at radius 2 is 2.15 bits per heavy atom. The maximum atomic E-state index is 5.68. The van der Waals surface area contributed by atoms with Gasteiger partial charge < -0.3 is 15.4 Å². The fraction of sp³-hybridized carbons (Fsp3) is 0.889. The Morgan fingerprint density at radius 3 is 2.77 bits per heavy atom. The third-order valence-corrected chi connectivity index (χ3v) is 3.09. The number of ether oxygens (including phenoxy) is 1. The summed E-state index contributed by atoms with van der Waals surface area (Å²) in [5, 5.41) is 6.97. The predicted molar refractivity (Wildman–Crippen MR) is 55.7 cm³/mol. The minimum atomic E-state index is 0.409. The summed E-state index contributed by atoms with van der Waals surface area (Å²) < 4.78 is 5.68. The maximum absolute atomic E-state index is 5.68. The van der Waals surface area contributed by atoms with Crippen molar-refractivity contribution >= 4 is 17.3 Å². The van der Waals surface area contributed by atoms with Gasteiger partial charge in [0, 0.05) is 13.7 Å². The van der Waals surface area contributed by atoms with Crippen LogP contribution in [0.4, 0.5) is 0 Å². The third-order valence-electron chi connectivity index (χ3n) is 2.77. The first-order valence-electron chi connectivity index (χ1n) is 4.91. The molecule has 0 radical (unpaired) electrons. The van der Waals surface area contributed by atoms with Gasteiger partial charge in [-0.1, -0.05) is 0 Å². The van der Waals surface area contributed by atoms with Gasteiger partial charge in [0.1, 0.15) is 0 Å². The van der Waals surface area contributed by atoms with Crippen LogP contribution < -0.4 is 10.6 Å². The normalized spacial score (nSPS) is 33.0. The standard InChI is InChI=1S/C9H16N2OS/c1-10-9(13)11-7-4-5-12-8(7)6-2-3-6/h6-8H,2-5H2,1H3,(H2,10,11,13). The average Bonchev–Trinajstić information content (AvgIpc) is 2.88. The second-order valence-corrected chi connectivity index (χ2v) is 4.20. The molecule has 1 heterocycles. The van der Waals surface area contributed by atoms with Gasteiger partial charge in [0.2, 0.25) is 0 Å². The highest BCUT2D eigenvalue weighted by Gasteiger charge is 2.40. The van der Waals surface area contributed by atoms with Crippen LogP contribution in [0, 0.1) is 5.92 Å². The highest BCUT2D eigenvalue weighted by atomic mass is 32.1. The summed E-state index contributed by atoms with van der Waals surface area (Å²) in [6.07, 6.45) is 4.15.